The van der Waals surface area contributed by atoms with Gasteiger partial charge < -0.3 is 20.4 Å². The first-order valence-electron chi connectivity index (χ1n) is 9.15. The Morgan fingerprint density at radius 3 is 2.93 bits per heavy atom. The van der Waals surface area contributed by atoms with Crippen LogP contribution in [0.1, 0.15) is 27.9 Å². The van der Waals surface area contributed by atoms with E-state index in [4.69, 9.17) is 10.5 Å². The first kappa shape index (κ1) is 18.1. The molecule has 1 aliphatic rings. The van der Waals surface area contributed by atoms with Gasteiger partial charge in [-0.3, -0.25) is 9.59 Å². The molecule has 0 aliphatic heterocycles. The zero-order valence-electron chi connectivity index (χ0n) is 15.6. The van der Waals surface area contributed by atoms with Crippen LogP contribution in [0.15, 0.2) is 35.4 Å². The number of rotatable bonds is 6. The van der Waals surface area contributed by atoms with Crippen molar-refractivity contribution in [3.63, 3.8) is 0 Å². The maximum absolute atomic E-state index is 12.7. The molecule has 144 valence electrons. The molecule has 0 atom stereocenters. The number of fused-ring (bicyclic) bond motifs is 2. The number of amides is 1. The third-order valence-corrected chi connectivity index (χ3v) is 4.96. The summed E-state index contributed by atoms with van der Waals surface area (Å²) >= 11 is 0. The number of anilines is 1. The van der Waals surface area contributed by atoms with Crippen LogP contribution >= 0.6 is 0 Å². The average molecular weight is 379 g/mol. The molecule has 1 aliphatic carbocycles. The van der Waals surface area contributed by atoms with Crippen LogP contribution in [0.4, 0.5) is 5.95 Å². The van der Waals surface area contributed by atoms with Crippen LogP contribution in [0, 0.1) is 0 Å². The summed E-state index contributed by atoms with van der Waals surface area (Å²) < 4.78 is 6.76. The molecule has 2 heterocycles. The lowest BCUT2D eigenvalue weighted by Crippen LogP contribution is -2.24. The number of aromatic nitrogens is 3. The molecule has 0 radical (unpaired) electrons. The van der Waals surface area contributed by atoms with Crippen molar-refractivity contribution < 1.29 is 9.53 Å². The first-order chi connectivity index (χ1) is 13.6. The second-order valence-electron chi connectivity index (χ2n) is 6.76. The average Bonchev–Trinajstić information content (AvgIpc) is 3.16. The van der Waals surface area contributed by atoms with Gasteiger partial charge in [-0.2, -0.15) is 4.98 Å². The number of hydrogen-bond donors (Lipinski definition) is 2. The molecule has 0 bridgehead atoms. The number of aryl methyl sites for hydroxylation is 2. The molecule has 1 amide bonds. The van der Waals surface area contributed by atoms with Gasteiger partial charge in [0.1, 0.15) is 5.56 Å². The zero-order valence-corrected chi connectivity index (χ0v) is 15.6. The van der Waals surface area contributed by atoms with E-state index in [-0.39, 0.29) is 10.9 Å². The molecule has 3 aromatic rings. The molecular weight excluding hydrogens is 358 g/mol. The van der Waals surface area contributed by atoms with Gasteiger partial charge in [-0.25, -0.2) is 4.98 Å². The first-order valence-corrected chi connectivity index (χ1v) is 9.15. The predicted octanol–water partition coefficient (Wildman–Crippen LogP) is 1.43. The molecule has 0 saturated carbocycles. The van der Waals surface area contributed by atoms with Gasteiger partial charge in [-0.1, -0.05) is 6.07 Å². The van der Waals surface area contributed by atoms with Crippen LogP contribution in [0.2, 0.25) is 0 Å². The Bertz CT molecular complexity index is 1120. The highest BCUT2D eigenvalue weighted by atomic mass is 16.5. The number of carbonyl (C=O) groups is 1. The highest BCUT2D eigenvalue weighted by Gasteiger charge is 2.18. The number of nitrogens with two attached hydrogens (primary N) is 1. The van der Waals surface area contributed by atoms with Crippen molar-refractivity contribution in [2.45, 2.75) is 19.3 Å². The maximum Gasteiger partial charge on any atom is 0.254 e. The minimum absolute atomic E-state index is 0.0864. The van der Waals surface area contributed by atoms with Crippen LogP contribution in [-0.2, 0) is 17.6 Å². The van der Waals surface area contributed by atoms with E-state index in [0.717, 1.165) is 24.9 Å². The van der Waals surface area contributed by atoms with E-state index in [1.165, 1.54) is 23.5 Å². The summed E-state index contributed by atoms with van der Waals surface area (Å²) in [6.07, 6.45) is 6.11. The minimum atomic E-state index is -0.774. The molecule has 0 saturated heterocycles. The zero-order chi connectivity index (χ0) is 19.7. The van der Waals surface area contributed by atoms with Crippen molar-refractivity contribution in [1.29, 1.82) is 0 Å². The van der Waals surface area contributed by atoms with Crippen LogP contribution in [0.25, 0.3) is 16.7 Å². The van der Waals surface area contributed by atoms with Crippen LogP contribution in [0.5, 0.6) is 0 Å². The summed E-state index contributed by atoms with van der Waals surface area (Å²) in [4.78, 5) is 33.2. The quantitative estimate of drug-likeness (QED) is 0.627. The molecule has 0 fully saturated rings. The summed E-state index contributed by atoms with van der Waals surface area (Å²) in [7, 11) is 1.61. The van der Waals surface area contributed by atoms with E-state index in [2.05, 4.69) is 27.4 Å². The molecule has 2 aromatic heterocycles. The van der Waals surface area contributed by atoms with Gasteiger partial charge in [-0.05, 0) is 42.5 Å². The van der Waals surface area contributed by atoms with E-state index >= 15 is 0 Å². The third kappa shape index (κ3) is 3.22. The molecule has 0 spiro atoms. The topological polar surface area (TPSA) is 112 Å². The Morgan fingerprint density at radius 2 is 2.14 bits per heavy atom. The Morgan fingerprint density at radius 1 is 1.32 bits per heavy atom. The molecule has 1 aromatic carbocycles. The molecule has 28 heavy (non-hydrogen) atoms. The van der Waals surface area contributed by atoms with Crippen molar-refractivity contribution in [2.24, 2.45) is 5.73 Å². The summed E-state index contributed by atoms with van der Waals surface area (Å²) in [6, 6.07) is 6.14. The summed E-state index contributed by atoms with van der Waals surface area (Å²) in [5, 5.41) is 3.31. The van der Waals surface area contributed by atoms with E-state index in [9.17, 15) is 9.59 Å². The van der Waals surface area contributed by atoms with Gasteiger partial charge in [0, 0.05) is 31.7 Å². The Balaban J connectivity index is 1.91. The number of carbonyl (C=O) groups excluding carboxylic acids is 1. The molecule has 3 N–H and O–H groups in total. The number of methoxy groups -OCH3 is 1. The molecular formula is C20H21N5O3. The van der Waals surface area contributed by atoms with Crippen molar-refractivity contribution in [2.75, 3.05) is 25.6 Å². The number of ether oxygens (including phenoxy) is 1. The molecule has 8 heteroatoms. The number of pyridine rings is 1. The fraction of sp³-hybridized carbons (Fsp3) is 0.300. The smallest absolute Gasteiger partial charge is 0.254 e. The standard InChI is InChI=1S/C20H21N5O3/c1-28-8-7-22-20-23-10-15-17(26)16(18(21)27)11-25(19(15)24-20)14-6-5-12-3-2-4-13(12)9-14/h5-6,9-11H,2-4,7-8H2,1H3,(H2,21,27)(H,22,23,24). The normalized spacial score (nSPS) is 12.9. The number of nitrogens with one attached hydrogen (secondary N) is 1. The second-order valence-corrected chi connectivity index (χ2v) is 6.76. The minimum Gasteiger partial charge on any atom is -0.383 e. The van der Waals surface area contributed by atoms with Crippen LogP contribution in [0.3, 0.4) is 0 Å². The van der Waals surface area contributed by atoms with Crippen LogP contribution < -0.4 is 16.5 Å². The van der Waals surface area contributed by atoms with Gasteiger partial charge >= 0.3 is 0 Å². The second kappa shape index (κ2) is 7.40. The number of primary amides is 1. The lowest BCUT2D eigenvalue weighted by atomic mass is 10.1. The fourth-order valence-corrected chi connectivity index (χ4v) is 3.54. The van der Waals surface area contributed by atoms with Gasteiger partial charge in [0.2, 0.25) is 11.4 Å². The highest BCUT2D eigenvalue weighted by Crippen LogP contribution is 2.26. The summed E-state index contributed by atoms with van der Waals surface area (Å²) in [6.45, 7) is 1.03. The third-order valence-electron chi connectivity index (χ3n) is 4.96. The Labute approximate surface area is 161 Å². The molecule has 0 unspecified atom stereocenters. The van der Waals surface area contributed by atoms with E-state index < -0.39 is 11.3 Å². The largest absolute Gasteiger partial charge is 0.383 e. The highest BCUT2D eigenvalue weighted by molar-refractivity contribution is 5.96. The number of hydrogen-bond acceptors (Lipinski definition) is 6. The van der Waals surface area contributed by atoms with Crippen molar-refractivity contribution in [3.05, 3.63) is 57.5 Å². The van der Waals surface area contributed by atoms with Gasteiger partial charge in [0.15, 0.2) is 5.65 Å². The van der Waals surface area contributed by atoms with E-state index in [1.54, 1.807) is 11.7 Å². The van der Waals surface area contributed by atoms with Crippen molar-refractivity contribution in [3.8, 4) is 5.69 Å². The van der Waals surface area contributed by atoms with Gasteiger partial charge in [0.05, 0.1) is 12.0 Å². The summed E-state index contributed by atoms with van der Waals surface area (Å²) in [5.41, 5.74) is 8.74. The van der Waals surface area contributed by atoms with Gasteiger partial charge in [0.25, 0.3) is 5.91 Å². The van der Waals surface area contributed by atoms with Gasteiger partial charge in [-0.15, -0.1) is 0 Å². The number of benzene rings is 1. The Kier molecular flexibility index (Phi) is 4.79. The maximum atomic E-state index is 12.7. The van der Waals surface area contributed by atoms with Crippen LogP contribution in [-0.4, -0.2) is 40.7 Å². The summed E-state index contributed by atoms with van der Waals surface area (Å²) in [5.74, 6) is -0.394. The number of nitrogens with zero attached hydrogens (tertiary/aromatic N) is 3. The van der Waals surface area contributed by atoms with Crippen molar-refractivity contribution in [1.82, 2.24) is 14.5 Å². The van der Waals surface area contributed by atoms with E-state index in [1.807, 2.05) is 6.07 Å². The molecule has 4 rings (SSSR count). The lowest BCUT2D eigenvalue weighted by molar-refractivity contribution is 0.0999. The Hall–Kier alpha value is -3.26. The lowest BCUT2D eigenvalue weighted by Gasteiger charge is -2.14. The van der Waals surface area contributed by atoms with E-state index in [0.29, 0.717) is 24.7 Å². The SMILES string of the molecule is COCCNc1ncc2c(=O)c(C(N)=O)cn(-c3ccc4c(c3)CCC4)c2n1. The van der Waals surface area contributed by atoms with Crippen molar-refractivity contribution >= 4 is 22.9 Å². The predicted molar refractivity (Wildman–Crippen MR) is 106 cm³/mol. The fourth-order valence-electron chi connectivity index (χ4n) is 3.54. The monoisotopic (exact) mass is 379 g/mol. The molecule has 8 nitrogen and oxygen atoms in total.